The predicted molar refractivity (Wildman–Crippen MR) is 133 cm³/mol. The molecule has 3 atom stereocenters. The van der Waals surface area contributed by atoms with Gasteiger partial charge in [-0.05, 0) is 29.7 Å². The van der Waals surface area contributed by atoms with Gasteiger partial charge in [-0.3, -0.25) is 19.3 Å². The van der Waals surface area contributed by atoms with Crippen LogP contribution in [0.3, 0.4) is 0 Å². The Kier molecular flexibility index (Phi) is 4.31. The highest BCUT2D eigenvalue weighted by Gasteiger charge is 2.81. The van der Waals surface area contributed by atoms with Crippen LogP contribution in [0.5, 0.6) is 5.75 Å². The zero-order valence-corrected chi connectivity index (χ0v) is 20.0. The van der Waals surface area contributed by atoms with Crippen LogP contribution < -0.4 is 4.74 Å². The minimum absolute atomic E-state index is 0.0807. The van der Waals surface area contributed by atoms with Crippen LogP contribution in [0.4, 0.5) is 0 Å². The Bertz CT molecular complexity index is 1400. The van der Waals surface area contributed by atoms with Crippen LogP contribution in [-0.4, -0.2) is 52.6 Å². The van der Waals surface area contributed by atoms with E-state index in [1.165, 1.54) is 0 Å². The van der Waals surface area contributed by atoms with E-state index in [4.69, 9.17) is 4.74 Å². The van der Waals surface area contributed by atoms with Crippen molar-refractivity contribution in [3.8, 4) is 5.75 Å². The Morgan fingerprint density at radius 2 is 1.46 bits per heavy atom. The fraction of sp³-hybridized carbons (Fsp3) is 0.276. The summed E-state index contributed by atoms with van der Waals surface area (Å²) < 4.78 is 5.39. The average molecular weight is 482 g/mol. The number of rotatable bonds is 2. The standard InChI is InChI=1S/C29H23NO4S/c1-34-19-12-10-17(11-13-19)24-23-15-35-16-30(23)29(26(32)21-8-4-5-9-22(21)27(29)33)28(24)14-18-6-2-3-7-20(18)25(28)31/h2-13,23-24H,14-16H2,1H3. The number of ether oxygens (including phenoxy) is 1. The highest BCUT2D eigenvalue weighted by Crippen LogP contribution is 2.67. The van der Waals surface area contributed by atoms with E-state index in [-0.39, 0.29) is 29.3 Å². The van der Waals surface area contributed by atoms with E-state index in [0.29, 0.717) is 29.0 Å². The number of hydrogen-bond acceptors (Lipinski definition) is 6. The topological polar surface area (TPSA) is 63.7 Å². The number of hydrogen-bond donors (Lipinski definition) is 0. The van der Waals surface area contributed by atoms with Gasteiger partial charge in [0.2, 0.25) is 0 Å². The van der Waals surface area contributed by atoms with Crippen molar-refractivity contribution in [3.63, 3.8) is 0 Å². The Morgan fingerprint density at radius 1 is 0.829 bits per heavy atom. The van der Waals surface area contributed by atoms with Gasteiger partial charge >= 0.3 is 0 Å². The van der Waals surface area contributed by atoms with Crippen LogP contribution >= 0.6 is 11.8 Å². The van der Waals surface area contributed by atoms with E-state index in [1.54, 1.807) is 43.1 Å². The van der Waals surface area contributed by atoms with Crippen molar-refractivity contribution in [1.29, 1.82) is 0 Å². The van der Waals surface area contributed by atoms with E-state index in [2.05, 4.69) is 4.90 Å². The molecule has 3 unspecified atom stereocenters. The summed E-state index contributed by atoms with van der Waals surface area (Å²) in [7, 11) is 1.63. The van der Waals surface area contributed by atoms with Crippen molar-refractivity contribution in [2.45, 2.75) is 23.9 Å². The van der Waals surface area contributed by atoms with Gasteiger partial charge in [-0.1, -0.05) is 60.7 Å². The van der Waals surface area contributed by atoms with Gasteiger partial charge in [-0.2, -0.15) is 0 Å². The molecule has 2 aliphatic heterocycles. The Hall–Kier alpha value is -3.22. The molecule has 4 aliphatic rings. The molecule has 6 heteroatoms. The third-order valence-corrected chi connectivity index (χ3v) is 9.63. The monoisotopic (exact) mass is 481 g/mol. The highest BCUT2D eigenvalue weighted by atomic mass is 32.2. The molecule has 35 heavy (non-hydrogen) atoms. The van der Waals surface area contributed by atoms with Gasteiger partial charge in [0.25, 0.3) is 0 Å². The number of carbonyl (C=O) groups is 3. The van der Waals surface area contributed by atoms with E-state index in [1.807, 2.05) is 48.5 Å². The van der Waals surface area contributed by atoms with Crippen LogP contribution in [0.2, 0.25) is 0 Å². The van der Waals surface area contributed by atoms with E-state index in [0.717, 1.165) is 22.6 Å². The first-order valence-corrected chi connectivity index (χ1v) is 13.0. The maximum absolute atomic E-state index is 14.6. The number of nitrogens with zero attached hydrogens (tertiary/aromatic N) is 1. The average Bonchev–Trinajstić information content (AvgIpc) is 3.60. The Balaban J connectivity index is 1.55. The van der Waals surface area contributed by atoms with Crippen molar-refractivity contribution >= 4 is 29.1 Å². The maximum atomic E-state index is 14.6. The second kappa shape index (κ2) is 7.15. The molecule has 0 aromatic heterocycles. The molecule has 3 aromatic rings. The lowest BCUT2D eigenvalue weighted by atomic mass is 9.58. The molecule has 5 nitrogen and oxygen atoms in total. The first kappa shape index (κ1) is 21.1. The summed E-state index contributed by atoms with van der Waals surface area (Å²) in [6, 6.07) is 22.4. The van der Waals surface area contributed by atoms with Crippen molar-refractivity contribution < 1.29 is 19.1 Å². The number of fused-ring (bicyclic) bond motifs is 5. The molecule has 3 aromatic carbocycles. The van der Waals surface area contributed by atoms with Crippen LogP contribution in [0, 0.1) is 5.41 Å². The molecule has 174 valence electrons. The lowest BCUT2D eigenvalue weighted by Crippen LogP contribution is -2.64. The van der Waals surface area contributed by atoms with E-state index < -0.39 is 11.0 Å². The fourth-order valence-corrected chi connectivity index (χ4v) is 8.61. The molecule has 0 radical (unpaired) electrons. The number of Topliss-reactive ketones (excluding diaryl/α,β-unsaturated/α-hetero) is 3. The van der Waals surface area contributed by atoms with Crippen molar-refractivity contribution in [2.24, 2.45) is 5.41 Å². The van der Waals surface area contributed by atoms with Crippen LogP contribution in [0.25, 0.3) is 0 Å². The van der Waals surface area contributed by atoms with Gasteiger partial charge in [0, 0.05) is 40.3 Å². The number of methoxy groups -OCH3 is 1. The zero-order chi connectivity index (χ0) is 23.9. The summed E-state index contributed by atoms with van der Waals surface area (Å²) in [5, 5.41) is 0. The fourth-order valence-electron chi connectivity index (χ4n) is 7.31. The smallest absolute Gasteiger partial charge is 0.192 e. The third kappa shape index (κ3) is 2.32. The lowest BCUT2D eigenvalue weighted by Gasteiger charge is -2.43. The molecule has 2 saturated heterocycles. The second-order valence-electron chi connectivity index (χ2n) is 9.84. The molecule has 0 amide bonds. The molecular weight excluding hydrogens is 458 g/mol. The van der Waals surface area contributed by atoms with Crippen LogP contribution in [-0.2, 0) is 6.42 Å². The van der Waals surface area contributed by atoms with E-state index in [9.17, 15) is 14.4 Å². The molecule has 2 aliphatic carbocycles. The molecule has 2 heterocycles. The van der Waals surface area contributed by atoms with E-state index >= 15 is 0 Å². The summed E-state index contributed by atoms with van der Waals surface area (Å²) in [6.07, 6.45) is 0.377. The van der Waals surface area contributed by atoms with Gasteiger partial charge in [0.15, 0.2) is 22.9 Å². The Labute approximate surface area is 207 Å². The molecule has 2 fully saturated rings. The maximum Gasteiger partial charge on any atom is 0.192 e. The summed E-state index contributed by atoms with van der Waals surface area (Å²) in [6.45, 7) is 0. The largest absolute Gasteiger partial charge is 0.497 e. The SMILES string of the molecule is COc1ccc(C2C3CSCN3C3(C(=O)c4ccccc4C3=O)C23Cc2ccccc2C3=O)cc1. The number of benzene rings is 3. The van der Waals surface area contributed by atoms with Crippen LogP contribution in [0.1, 0.15) is 48.1 Å². The van der Waals surface area contributed by atoms with Gasteiger partial charge in [0.05, 0.1) is 12.5 Å². The lowest BCUT2D eigenvalue weighted by molar-refractivity contribution is 0.0320. The summed E-state index contributed by atoms with van der Waals surface area (Å²) in [5.74, 6) is 1.23. The normalized spacial score (nSPS) is 28.1. The number of carbonyl (C=O) groups excluding carboxylic acids is 3. The van der Waals surface area contributed by atoms with Crippen molar-refractivity contribution in [3.05, 3.63) is 101 Å². The van der Waals surface area contributed by atoms with Gasteiger partial charge < -0.3 is 4.74 Å². The minimum atomic E-state index is -1.54. The summed E-state index contributed by atoms with van der Waals surface area (Å²) in [5.41, 5.74) is 0.656. The summed E-state index contributed by atoms with van der Waals surface area (Å²) in [4.78, 5) is 45.6. The second-order valence-corrected chi connectivity index (χ2v) is 10.8. The molecule has 0 bridgehead atoms. The van der Waals surface area contributed by atoms with Gasteiger partial charge in [-0.25, -0.2) is 0 Å². The third-order valence-electron chi connectivity index (χ3n) is 8.60. The Morgan fingerprint density at radius 3 is 2.09 bits per heavy atom. The number of thioether (sulfide) groups is 1. The van der Waals surface area contributed by atoms with Crippen LogP contribution in [0.15, 0.2) is 72.8 Å². The predicted octanol–water partition coefficient (Wildman–Crippen LogP) is 4.41. The van der Waals surface area contributed by atoms with Gasteiger partial charge in [-0.15, -0.1) is 11.8 Å². The molecule has 0 N–H and O–H groups in total. The molecular formula is C29H23NO4S. The first-order chi connectivity index (χ1) is 17.1. The quantitative estimate of drug-likeness (QED) is 0.506. The first-order valence-electron chi connectivity index (χ1n) is 11.9. The summed E-state index contributed by atoms with van der Waals surface area (Å²) >= 11 is 1.73. The zero-order valence-electron chi connectivity index (χ0n) is 19.2. The van der Waals surface area contributed by atoms with Gasteiger partial charge in [0.1, 0.15) is 5.75 Å². The molecule has 0 saturated carbocycles. The molecule has 2 spiro atoms. The highest BCUT2D eigenvalue weighted by molar-refractivity contribution is 7.99. The number of ketones is 3. The molecule has 7 rings (SSSR count). The van der Waals surface area contributed by atoms with Crippen molar-refractivity contribution in [1.82, 2.24) is 4.90 Å². The van der Waals surface area contributed by atoms with Crippen molar-refractivity contribution in [2.75, 3.05) is 18.7 Å². The minimum Gasteiger partial charge on any atom is -0.497 e.